The van der Waals surface area contributed by atoms with Crippen molar-refractivity contribution in [2.45, 2.75) is 39.5 Å². The van der Waals surface area contributed by atoms with Gasteiger partial charge >= 0.3 is 11.9 Å². The van der Waals surface area contributed by atoms with Crippen molar-refractivity contribution in [3.63, 3.8) is 0 Å². The molecule has 0 aromatic rings. The molecule has 0 bridgehead atoms. The van der Waals surface area contributed by atoms with Gasteiger partial charge in [-0.1, -0.05) is 19.1 Å². The maximum Gasteiger partial charge on any atom is 0.303 e. The van der Waals surface area contributed by atoms with E-state index < -0.39 is 17.9 Å². The van der Waals surface area contributed by atoms with Crippen LogP contribution in [0.25, 0.3) is 0 Å². The Morgan fingerprint density at radius 3 is 2.40 bits per heavy atom. The molecule has 0 amide bonds. The lowest BCUT2D eigenvalue weighted by Crippen LogP contribution is -2.16. The number of carbonyl (C=O) groups excluding carboxylic acids is 1. The quantitative estimate of drug-likeness (QED) is 0.729. The van der Waals surface area contributed by atoms with Gasteiger partial charge in [0.05, 0.1) is 0 Å². The van der Waals surface area contributed by atoms with E-state index in [2.05, 4.69) is 0 Å². The molecule has 110 valence electrons. The minimum Gasteiger partial charge on any atom is -0.481 e. The zero-order valence-electron chi connectivity index (χ0n) is 11.8. The van der Waals surface area contributed by atoms with Crippen molar-refractivity contribution in [1.29, 1.82) is 0 Å². The topological polar surface area (TPSA) is 91.7 Å². The van der Waals surface area contributed by atoms with E-state index in [4.69, 9.17) is 10.2 Å². The highest BCUT2D eigenvalue weighted by molar-refractivity contribution is 6.08. The average molecular weight is 280 g/mol. The Kier molecular flexibility index (Phi) is 5.67. The second-order valence-electron chi connectivity index (χ2n) is 5.39. The molecule has 0 aromatic carbocycles. The Morgan fingerprint density at radius 1 is 1.35 bits per heavy atom. The van der Waals surface area contributed by atoms with Crippen LogP contribution in [0.5, 0.6) is 0 Å². The molecule has 2 N–H and O–H groups in total. The fraction of sp³-hybridized carbons (Fsp3) is 0.533. The van der Waals surface area contributed by atoms with Crippen LogP contribution in [0.3, 0.4) is 0 Å². The van der Waals surface area contributed by atoms with E-state index in [9.17, 15) is 14.4 Å². The summed E-state index contributed by atoms with van der Waals surface area (Å²) in [6, 6.07) is 0. The molecule has 0 aliphatic heterocycles. The predicted octanol–water partition coefficient (Wildman–Crippen LogP) is 2.42. The Labute approximate surface area is 118 Å². The van der Waals surface area contributed by atoms with Crippen LogP contribution in [0.2, 0.25) is 0 Å². The highest BCUT2D eigenvalue weighted by Gasteiger charge is 2.21. The summed E-state index contributed by atoms with van der Waals surface area (Å²) in [7, 11) is 0. The number of carbonyl (C=O) groups is 3. The van der Waals surface area contributed by atoms with Gasteiger partial charge in [0, 0.05) is 12.8 Å². The lowest BCUT2D eigenvalue weighted by Gasteiger charge is -2.18. The maximum absolute atomic E-state index is 12.0. The molecule has 0 spiro atoms. The lowest BCUT2D eigenvalue weighted by atomic mass is 9.85. The summed E-state index contributed by atoms with van der Waals surface area (Å²) in [6.45, 7) is 3.77. The summed E-state index contributed by atoms with van der Waals surface area (Å²) in [5.74, 6) is -2.27. The Bertz CT molecular complexity index is 457. The van der Waals surface area contributed by atoms with E-state index in [1.807, 2.05) is 13.0 Å². The smallest absolute Gasteiger partial charge is 0.303 e. The third-order valence-electron chi connectivity index (χ3n) is 3.35. The minimum atomic E-state index is -1.02. The number of Topliss-reactive ketones (excluding diaryl/α,β-unsaturated/α-hetero) is 1. The SMILES string of the molecule is CC1=CC(C)C/C(=C/CC(CC(=O)O)CC(=O)O)C1=O. The second-order valence-corrected chi connectivity index (χ2v) is 5.39. The third kappa shape index (κ3) is 4.99. The highest BCUT2D eigenvalue weighted by atomic mass is 16.4. The summed E-state index contributed by atoms with van der Waals surface area (Å²) in [5, 5.41) is 17.6. The molecule has 0 radical (unpaired) electrons. The molecular weight excluding hydrogens is 260 g/mol. The Balaban J connectivity index is 2.76. The monoisotopic (exact) mass is 280 g/mol. The average Bonchev–Trinajstić information content (AvgIpc) is 2.30. The van der Waals surface area contributed by atoms with E-state index in [-0.39, 0.29) is 24.5 Å². The van der Waals surface area contributed by atoms with Gasteiger partial charge in [-0.15, -0.1) is 0 Å². The Hall–Kier alpha value is -1.91. The number of carboxylic acid groups (broad SMARTS) is 2. The van der Waals surface area contributed by atoms with Crippen molar-refractivity contribution >= 4 is 17.7 Å². The molecule has 0 fully saturated rings. The number of aliphatic carboxylic acids is 2. The van der Waals surface area contributed by atoms with Crippen molar-refractivity contribution in [2.24, 2.45) is 11.8 Å². The van der Waals surface area contributed by atoms with Gasteiger partial charge in [0.25, 0.3) is 0 Å². The summed E-state index contributed by atoms with van der Waals surface area (Å²) in [5.41, 5.74) is 1.36. The molecule has 1 aliphatic carbocycles. The van der Waals surface area contributed by atoms with Gasteiger partial charge in [-0.3, -0.25) is 14.4 Å². The number of allylic oxidation sites excluding steroid dienone is 4. The number of hydrogen-bond donors (Lipinski definition) is 2. The number of hydrogen-bond acceptors (Lipinski definition) is 3. The molecule has 1 atom stereocenters. The normalized spacial score (nSPS) is 21.1. The second kappa shape index (κ2) is 7.03. The summed E-state index contributed by atoms with van der Waals surface area (Å²) < 4.78 is 0. The van der Waals surface area contributed by atoms with Gasteiger partial charge in [0.1, 0.15) is 0 Å². The molecule has 0 saturated carbocycles. The van der Waals surface area contributed by atoms with Gasteiger partial charge in [-0.05, 0) is 42.7 Å². The van der Waals surface area contributed by atoms with Crippen molar-refractivity contribution in [3.8, 4) is 0 Å². The first-order chi connectivity index (χ1) is 9.29. The van der Waals surface area contributed by atoms with Crippen LogP contribution in [0.4, 0.5) is 0 Å². The number of carboxylic acids is 2. The molecular formula is C15H20O5. The summed E-state index contributed by atoms with van der Waals surface area (Å²) in [4.78, 5) is 33.4. The summed E-state index contributed by atoms with van der Waals surface area (Å²) in [6.07, 6.45) is 4.17. The van der Waals surface area contributed by atoms with Gasteiger partial charge in [-0.25, -0.2) is 0 Å². The molecule has 20 heavy (non-hydrogen) atoms. The number of ketones is 1. The van der Waals surface area contributed by atoms with E-state index in [1.165, 1.54) is 0 Å². The molecule has 0 saturated heterocycles. The van der Waals surface area contributed by atoms with Gasteiger partial charge < -0.3 is 10.2 Å². The molecule has 5 heteroatoms. The molecule has 1 aliphatic rings. The first-order valence-corrected chi connectivity index (χ1v) is 6.65. The van der Waals surface area contributed by atoms with E-state index in [1.54, 1.807) is 13.0 Å². The summed E-state index contributed by atoms with van der Waals surface area (Å²) >= 11 is 0. The molecule has 0 heterocycles. The van der Waals surface area contributed by atoms with Crippen LogP contribution in [0.1, 0.15) is 39.5 Å². The minimum absolute atomic E-state index is 0.0208. The van der Waals surface area contributed by atoms with Crippen LogP contribution in [0, 0.1) is 11.8 Å². The van der Waals surface area contributed by atoms with Gasteiger partial charge in [-0.2, -0.15) is 0 Å². The molecule has 0 aromatic heterocycles. The first kappa shape index (κ1) is 16.1. The third-order valence-corrected chi connectivity index (χ3v) is 3.35. The fourth-order valence-electron chi connectivity index (χ4n) is 2.47. The first-order valence-electron chi connectivity index (χ1n) is 6.65. The highest BCUT2D eigenvalue weighted by Crippen LogP contribution is 2.26. The van der Waals surface area contributed by atoms with E-state index >= 15 is 0 Å². The predicted molar refractivity (Wildman–Crippen MR) is 73.2 cm³/mol. The van der Waals surface area contributed by atoms with Crippen molar-refractivity contribution in [2.75, 3.05) is 0 Å². The van der Waals surface area contributed by atoms with E-state index in [0.29, 0.717) is 24.0 Å². The maximum atomic E-state index is 12.0. The van der Waals surface area contributed by atoms with Crippen molar-refractivity contribution < 1.29 is 24.6 Å². The van der Waals surface area contributed by atoms with E-state index in [0.717, 1.165) is 0 Å². The van der Waals surface area contributed by atoms with Crippen molar-refractivity contribution in [3.05, 3.63) is 23.3 Å². The Morgan fingerprint density at radius 2 is 1.90 bits per heavy atom. The zero-order valence-corrected chi connectivity index (χ0v) is 11.8. The molecule has 1 rings (SSSR count). The van der Waals surface area contributed by atoms with Crippen LogP contribution >= 0.6 is 0 Å². The largest absolute Gasteiger partial charge is 0.481 e. The lowest BCUT2D eigenvalue weighted by molar-refractivity contribution is -0.140. The van der Waals surface area contributed by atoms with Gasteiger partial charge in [0.2, 0.25) is 0 Å². The zero-order chi connectivity index (χ0) is 15.3. The number of rotatable bonds is 6. The van der Waals surface area contributed by atoms with Crippen LogP contribution in [-0.4, -0.2) is 27.9 Å². The van der Waals surface area contributed by atoms with Crippen LogP contribution < -0.4 is 0 Å². The van der Waals surface area contributed by atoms with Crippen molar-refractivity contribution in [1.82, 2.24) is 0 Å². The van der Waals surface area contributed by atoms with Gasteiger partial charge in [0.15, 0.2) is 5.78 Å². The molecule has 1 unspecified atom stereocenters. The standard InChI is InChI=1S/C15H20O5/c1-9-5-10(2)15(20)12(6-9)4-3-11(7-13(16)17)8-14(18)19/h4-5,9,11H,3,6-8H2,1-2H3,(H,16,17)(H,18,19)/b12-4-. The van der Waals surface area contributed by atoms with Crippen LogP contribution in [0.15, 0.2) is 23.3 Å². The fourth-order valence-corrected chi connectivity index (χ4v) is 2.47. The molecule has 5 nitrogen and oxygen atoms in total. The van der Waals surface area contributed by atoms with Crippen LogP contribution in [-0.2, 0) is 14.4 Å².